The topological polar surface area (TPSA) is 60.7 Å². The first-order valence-electron chi connectivity index (χ1n) is 12.2. The summed E-state index contributed by atoms with van der Waals surface area (Å²) >= 11 is 0. The fourth-order valence-corrected chi connectivity index (χ4v) is 6.39. The van der Waals surface area contributed by atoms with Crippen molar-refractivity contribution in [1.82, 2.24) is 0 Å². The summed E-state index contributed by atoms with van der Waals surface area (Å²) in [5.41, 5.74) is 2.43. The van der Waals surface area contributed by atoms with Gasteiger partial charge in [0, 0.05) is 5.92 Å². The summed E-state index contributed by atoms with van der Waals surface area (Å²) in [5.74, 6) is 2.00. The molecule has 3 fully saturated rings. The molecule has 0 amide bonds. The third-order valence-electron chi connectivity index (χ3n) is 8.56. The molecule has 0 bridgehead atoms. The van der Waals surface area contributed by atoms with E-state index in [1.54, 1.807) is 5.57 Å². The molecule has 3 rings (SSSR count). The van der Waals surface area contributed by atoms with E-state index in [0.717, 1.165) is 0 Å². The predicted molar refractivity (Wildman–Crippen MR) is 124 cm³/mol. The van der Waals surface area contributed by atoms with Gasteiger partial charge in [0.05, 0.1) is 17.8 Å². The van der Waals surface area contributed by atoms with Gasteiger partial charge in [-0.2, -0.15) is 0 Å². The minimum Gasteiger partial charge on any atom is -0.393 e. The molecule has 0 aliphatic heterocycles. The van der Waals surface area contributed by atoms with E-state index in [4.69, 9.17) is 0 Å². The second-order valence-electron chi connectivity index (χ2n) is 11.3. The first-order valence-corrected chi connectivity index (χ1v) is 12.2. The zero-order valence-electron chi connectivity index (χ0n) is 19.8. The number of hydrogen-bond acceptors (Lipinski definition) is 3. The number of fused-ring (bicyclic) bond motifs is 1. The molecule has 170 valence electrons. The summed E-state index contributed by atoms with van der Waals surface area (Å²) in [4.78, 5) is 0. The molecule has 0 spiro atoms. The zero-order chi connectivity index (χ0) is 22.1. The molecular formula is C27H44O3. The average molecular weight is 417 g/mol. The lowest BCUT2D eigenvalue weighted by atomic mass is 9.61. The van der Waals surface area contributed by atoms with Crippen LogP contribution in [0.15, 0.2) is 35.5 Å². The van der Waals surface area contributed by atoms with Crippen LogP contribution in [-0.4, -0.2) is 33.1 Å². The zero-order valence-corrected chi connectivity index (χ0v) is 19.8. The highest BCUT2D eigenvalue weighted by atomic mass is 16.3. The Hall–Kier alpha value is -0.900. The summed E-state index contributed by atoms with van der Waals surface area (Å²) in [5, 5.41) is 30.2. The lowest BCUT2D eigenvalue weighted by Gasteiger charge is -2.44. The molecule has 0 aromatic heterocycles. The van der Waals surface area contributed by atoms with Crippen molar-refractivity contribution >= 4 is 0 Å². The highest BCUT2D eigenvalue weighted by molar-refractivity contribution is 5.26. The van der Waals surface area contributed by atoms with Gasteiger partial charge in [0.1, 0.15) is 0 Å². The maximum atomic E-state index is 10.2. The smallest absolute Gasteiger partial charge is 0.0651 e. The Morgan fingerprint density at radius 2 is 1.70 bits per heavy atom. The van der Waals surface area contributed by atoms with Gasteiger partial charge in [-0.25, -0.2) is 0 Å². The van der Waals surface area contributed by atoms with E-state index in [1.807, 2.05) is 13.8 Å². The molecule has 0 heterocycles. The van der Waals surface area contributed by atoms with E-state index in [-0.39, 0.29) is 5.92 Å². The van der Waals surface area contributed by atoms with Crippen LogP contribution in [-0.2, 0) is 0 Å². The molecule has 30 heavy (non-hydrogen) atoms. The number of aliphatic hydroxyl groups excluding tert-OH is 2. The molecule has 1 unspecified atom stereocenters. The SMILES string of the molecule is CC(/C=C\[C@H](C)C(C)(C)O)[C@H]1CC[C@H]2/C(=C/C=C3C[C@@H](O)C[C@H](O)C3)CCC[C@]12C. The van der Waals surface area contributed by atoms with Crippen molar-refractivity contribution in [2.24, 2.45) is 29.1 Å². The standard InChI is InChI=1S/C27H44O3/c1-18(8-9-19(2)26(3,4)30)24-12-13-25-21(7-6-14-27(24,25)5)11-10-20-15-22(28)17-23(29)16-20/h8-11,18-19,22-25,28-30H,6-7,12-17H2,1-5H3/b9-8-,21-11+/t18?,19-,22+,23+,24+,25-,27+/m0/s1. The summed E-state index contributed by atoms with van der Waals surface area (Å²) < 4.78 is 0. The maximum absolute atomic E-state index is 10.2. The monoisotopic (exact) mass is 416 g/mol. The molecule has 3 saturated carbocycles. The van der Waals surface area contributed by atoms with Crippen LogP contribution in [0.1, 0.15) is 86.0 Å². The van der Waals surface area contributed by atoms with E-state index in [9.17, 15) is 15.3 Å². The number of allylic oxidation sites excluding steroid dienone is 4. The minimum atomic E-state index is -0.674. The van der Waals surface area contributed by atoms with Crippen LogP contribution in [0.5, 0.6) is 0 Å². The molecule has 3 heteroatoms. The van der Waals surface area contributed by atoms with Gasteiger partial charge >= 0.3 is 0 Å². The molecule has 3 aliphatic carbocycles. The molecule has 0 radical (unpaired) electrons. The van der Waals surface area contributed by atoms with Crippen LogP contribution in [0.3, 0.4) is 0 Å². The van der Waals surface area contributed by atoms with Crippen LogP contribution >= 0.6 is 0 Å². The van der Waals surface area contributed by atoms with Crippen molar-refractivity contribution in [2.75, 3.05) is 0 Å². The van der Waals surface area contributed by atoms with E-state index in [1.165, 1.54) is 37.7 Å². The van der Waals surface area contributed by atoms with Gasteiger partial charge in [-0.3, -0.25) is 0 Å². The van der Waals surface area contributed by atoms with E-state index < -0.39 is 17.8 Å². The molecule has 0 aromatic carbocycles. The van der Waals surface area contributed by atoms with Gasteiger partial charge in [0.25, 0.3) is 0 Å². The lowest BCUT2D eigenvalue weighted by molar-refractivity contribution is 0.0436. The number of hydrogen-bond donors (Lipinski definition) is 3. The van der Waals surface area contributed by atoms with Crippen molar-refractivity contribution in [3.63, 3.8) is 0 Å². The van der Waals surface area contributed by atoms with Gasteiger partial charge in [0.2, 0.25) is 0 Å². The second kappa shape index (κ2) is 9.30. The predicted octanol–water partition coefficient (Wildman–Crippen LogP) is 5.56. The van der Waals surface area contributed by atoms with E-state index >= 15 is 0 Å². The Balaban J connectivity index is 1.73. The minimum absolute atomic E-state index is 0.152. The molecule has 0 aromatic rings. The van der Waals surface area contributed by atoms with Gasteiger partial charge < -0.3 is 15.3 Å². The van der Waals surface area contributed by atoms with Gasteiger partial charge in [0.15, 0.2) is 0 Å². The summed E-state index contributed by atoms with van der Waals surface area (Å²) in [6.07, 6.45) is 16.5. The van der Waals surface area contributed by atoms with Crippen LogP contribution in [0.2, 0.25) is 0 Å². The van der Waals surface area contributed by atoms with Crippen molar-refractivity contribution in [3.05, 3.63) is 35.5 Å². The molecule has 3 nitrogen and oxygen atoms in total. The maximum Gasteiger partial charge on any atom is 0.0651 e. The quantitative estimate of drug-likeness (QED) is 0.514. The summed E-state index contributed by atoms with van der Waals surface area (Å²) in [6, 6.07) is 0. The Labute approximate surface area is 184 Å². The van der Waals surface area contributed by atoms with Crippen molar-refractivity contribution in [1.29, 1.82) is 0 Å². The third-order valence-corrected chi connectivity index (χ3v) is 8.56. The third kappa shape index (κ3) is 5.29. The van der Waals surface area contributed by atoms with Crippen molar-refractivity contribution in [3.8, 4) is 0 Å². The largest absolute Gasteiger partial charge is 0.393 e. The Bertz CT molecular complexity index is 671. The number of aliphatic hydroxyl groups is 3. The second-order valence-corrected chi connectivity index (χ2v) is 11.3. The fourth-order valence-electron chi connectivity index (χ4n) is 6.39. The Morgan fingerprint density at radius 1 is 1.03 bits per heavy atom. The molecule has 3 N–H and O–H groups in total. The van der Waals surface area contributed by atoms with Crippen LogP contribution in [0, 0.1) is 29.1 Å². The van der Waals surface area contributed by atoms with Crippen LogP contribution in [0.25, 0.3) is 0 Å². The highest BCUT2D eigenvalue weighted by Crippen LogP contribution is 2.59. The van der Waals surface area contributed by atoms with Gasteiger partial charge in [-0.1, -0.05) is 56.2 Å². The summed E-state index contributed by atoms with van der Waals surface area (Å²) in [6.45, 7) is 10.7. The van der Waals surface area contributed by atoms with Gasteiger partial charge in [-0.15, -0.1) is 0 Å². The van der Waals surface area contributed by atoms with Crippen LogP contribution in [0.4, 0.5) is 0 Å². The summed E-state index contributed by atoms with van der Waals surface area (Å²) in [7, 11) is 0. The molecule has 3 aliphatic rings. The fraction of sp³-hybridized carbons (Fsp3) is 0.778. The van der Waals surface area contributed by atoms with E-state index in [0.29, 0.717) is 42.4 Å². The highest BCUT2D eigenvalue weighted by Gasteiger charge is 2.50. The van der Waals surface area contributed by atoms with E-state index in [2.05, 4.69) is 45.1 Å². The van der Waals surface area contributed by atoms with Crippen molar-refractivity contribution < 1.29 is 15.3 Å². The molecule has 7 atom stereocenters. The van der Waals surface area contributed by atoms with Crippen molar-refractivity contribution in [2.45, 2.75) is 104 Å². The van der Waals surface area contributed by atoms with Crippen LogP contribution < -0.4 is 0 Å². The number of rotatable bonds is 5. The first-order chi connectivity index (χ1) is 14.0. The Morgan fingerprint density at radius 3 is 2.33 bits per heavy atom. The Kier molecular flexibility index (Phi) is 7.37. The average Bonchev–Trinajstić information content (AvgIpc) is 3.00. The van der Waals surface area contributed by atoms with Gasteiger partial charge in [-0.05, 0) is 88.4 Å². The lowest BCUT2D eigenvalue weighted by Crippen LogP contribution is -2.35. The first kappa shape index (κ1) is 23.8. The normalized spacial score (nSPS) is 38.7. The molecule has 0 saturated heterocycles. The molecular weight excluding hydrogens is 372 g/mol.